The first-order valence-corrected chi connectivity index (χ1v) is 5.70. The van der Waals surface area contributed by atoms with Gasteiger partial charge in [0.1, 0.15) is 0 Å². The molecule has 84 valence electrons. The Morgan fingerprint density at radius 2 is 1.71 bits per heavy atom. The van der Waals surface area contributed by atoms with Crippen molar-refractivity contribution < 1.29 is 9.90 Å². The number of rotatable bonds is 10. The molecule has 0 amide bonds. The molecule has 0 fully saturated rings. The lowest BCUT2D eigenvalue weighted by Crippen LogP contribution is -2.17. The van der Waals surface area contributed by atoms with Gasteiger partial charge in [-0.3, -0.25) is 4.79 Å². The Labute approximate surface area is 86.9 Å². The van der Waals surface area contributed by atoms with Crippen molar-refractivity contribution >= 4 is 5.97 Å². The molecule has 0 aliphatic carbocycles. The minimum absolute atomic E-state index is 0.281. The molecule has 3 heteroatoms. The van der Waals surface area contributed by atoms with Crippen molar-refractivity contribution in [3.8, 4) is 0 Å². The lowest BCUT2D eigenvalue weighted by atomic mass is 10.1. The van der Waals surface area contributed by atoms with Gasteiger partial charge in [-0.2, -0.15) is 0 Å². The van der Waals surface area contributed by atoms with Crippen molar-refractivity contribution in [2.75, 3.05) is 13.1 Å². The number of hydrogen-bond acceptors (Lipinski definition) is 2. The number of unbranched alkanes of at least 4 members (excludes halogenated alkanes) is 4. The van der Waals surface area contributed by atoms with Crippen LogP contribution in [0.5, 0.6) is 0 Å². The molecule has 0 heterocycles. The first-order valence-electron chi connectivity index (χ1n) is 5.70. The monoisotopic (exact) mass is 201 g/mol. The molecular formula is C11H23NO2. The van der Waals surface area contributed by atoms with Gasteiger partial charge >= 0.3 is 5.97 Å². The molecule has 0 saturated carbocycles. The van der Waals surface area contributed by atoms with E-state index in [9.17, 15) is 4.79 Å². The summed E-state index contributed by atoms with van der Waals surface area (Å²) in [5.41, 5.74) is 0. The van der Waals surface area contributed by atoms with Crippen molar-refractivity contribution in [3.05, 3.63) is 0 Å². The molecule has 2 N–H and O–H groups in total. The molecule has 3 nitrogen and oxygen atoms in total. The Morgan fingerprint density at radius 1 is 1.07 bits per heavy atom. The molecule has 0 rings (SSSR count). The Morgan fingerprint density at radius 3 is 2.36 bits per heavy atom. The van der Waals surface area contributed by atoms with Crippen LogP contribution in [0.25, 0.3) is 0 Å². The van der Waals surface area contributed by atoms with E-state index < -0.39 is 5.97 Å². The highest BCUT2D eigenvalue weighted by Gasteiger charge is 1.95. The average Bonchev–Trinajstić information content (AvgIpc) is 2.15. The maximum absolute atomic E-state index is 10.2. The molecule has 0 radical (unpaired) electrons. The maximum atomic E-state index is 10.2. The molecule has 0 unspecified atom stereocenters. The minimum Gasteiger partial charge on any atom is -0.481 e. The van der Waals surface area contributed by atoms with Crippen molar-refractivity contribution in [1.29, 1.82) is 0 Å². The fraction of sp³-hybridized carbons (Fsp3) is 0.909. The Bertz CT molecular complexity index is 137. The largest absolute Gasteiger partial charge is 0.481 e. The summed E-state index contributed by atoms with van der Waals surface area (Å²) in [5, 5.41) is 11.6. The number of carboxylic acids is 1. The molecule has 0 saturated heterocycles. The third-order valence-corrected chi connectivity index (χ3v) is 2.20. The molecule has 0 bridgehead atoms. The molecule has 0 aromatic rings. The molecule has 0 atom stereocenters. The van der Waals surface area contributed by atoms with Crippen LogP contribution in [-0.2, 0) is 4.79 Å². The Balaban J connectivity index is 2.88. The van der Waals surface area contributed by atoms with Crippen LogP contribution in [0, 0.1) is 0 Å². The summed E-state index contributed by atoms with van der Waals surface area (Å²) >= 11 is 0. The summed E-state index contributed by atoms with van der Waals surface area (Å²) < 4.78 is 0. The lowest BCUT2D eigenvalue weighted by Gasteiger charge is -2.03. The third kappa shape index (κ3) is 11.4. The SMILES string of the molecule is CCCCCCCNCCCC(=O)O. The molecule has 0 aromatic carbocycles. The Hall–Kier alpha value is -0.570. The van der Waals surface area contributed by atoms with Crippen LogP contribution in [0.4, 0.5) is 0 Å². The first-order chi connectivity index (χ1) is 6.77. The van der Waals surface area contributed by atoms with Gasteiger partial charge in [0.05, 0.1) is 0 Å². The van der Waals surface area contributed by atoms with Crippen LogP contribution >= 0.6 is 0 Å². The van der Waals surface area contributed by atoms with Crippen LogP contribution in [0.1, 0.15) is 51.9 Å². The quantitative estimate of drug-likeness (QED) is 0.534. The summed E-state index contributed by atoms with van der Waals surface area (Å²) in [7, 11) is 0. The standard InChI is InChI=1S/C11H23NO2/c1-2-3-4-5-6-9-12-10-7-8-11(13)14/h12H,2-10H2,1H3,(H,13,14). The smallest absolute Gasteiger partial charge is 0.303 e. The summed E-state index contributed by atoms with van der Waals surface area (Å²) in [6.07, 6.45) is 7.47. The van der Waals surface area contributed by atoms with E-state index >= 15 is 0 Å². The second-order valence-electron chi connectivity index (χ2n) is 3.66. The first kappa shape index (κ1) is 13.4. The minimum atomic E-state index is -0.699. The highest BCUT2D eigenvalue weighted by molar-refractivity contribution is 5.66. The van der Waals surface area contributed by atoms with Crippen LogP contribution in [0.3, 0.4) is 0 Å². The van der Waals surface area contributed by atoms with E-state index in [0.29, 0.717) is 0 Å². The van der Waals surface area contributed by atoms with Gasteiger partial charge in [-0.25, -0.2) is 0 Å². The fourth-order valence-corrected chi connectivity index (χ4v) is 1.34. The zero-order chi connectivity index (χ0) is 10.6. The van der Waals surface area contributed by atoms with Gasteiger partial charge in [0.25, 0.3) is 0 Å². The molecular weight excluding hydrogens is 178 g/mol. The average molecular weight is 201 g/mol. The molecule has 0 aromatic heterocycles. The highest BCUT2D eigenvalue weighted by atomic mass is 16.4. The summed E-state index contributed by atoms with van der Waals surface area (Å²) in [4.78, 5) is 10.2. The van der Waals surface area contributed by atoms with Gasteiger partial charge in [0.2, 0.25) is 0 Å². The molecule has 14 heavy (non-hydrogen) atoms. The topological polar surface area (TPSA) is 49.3 Å². The normalized spacial score (nSPS) is 10.4. The van der Waals surface area contributed by atoms with Gasteiger partial charge in [-0.05, 0) is 25.9 Å². The van der Waals surface area contributed by atoms with Gasteiger partial charge in [0.15, 0.2) is 0 Å². The van der Waals surface area contributed by atoms with E-state index in [1.807, 2.05) is 0 Å². The molecule has 0 spiro atoms. The van der Waals surface area contributed by atoms with E-state index in [4.69, 9.17) is 5.11 Å². The van der Waals surface area contributed by atoms with Crippen molar-refractivity contribution in [2.24, 2.45) is 0 Å². The van der Waals surface area contributed by atoms with Crippen LogP contribution in [-0.4, -0.2) is 24.2 Å². The van der Waals surface area contributed by atoms with E-state index in [1.54, 1.807) is 0 Å². The van der Waals surface area contributed by atoms with Gasteiger partial charge < -0.3 is 10.4 Å². The lowest BCUT2D eigenvalue weighted by molar-refractivity contribution is -0.137. The Kier molecular flexibility index (Phi) is 10.1. The van der Waals surface area contributed by atoms with Crippen LogP contribution in [0.15, 0.2) is 0 Å². The number of nitrogens with one attached hydrogen (secondary N) is 1. The van der Waals surface area contributed by atoms with Crippen LogP contribution < -0.4 is 5.32 Å². The van der Waals surface area contributed by atoms with Crippen LogP contribution in [0.2, 0.25) is 0 Å². The molecule has 0 aliphatic rings. The predicted octanol–water partition coefficient (Wildman–Crippen LogP) is 2.41. The number of carbonyl (C=O) groups is 1. The third-order valence-electron chi connectivity index (χ3n) is 2.20. The zero-order valence-corrected chi connectivity index (χ0v) is 9.22. The number of aliphatic carboxylic acids is 1. The number of carboxylic acid groups (broad SMARTS) is 1. The van der Waals surface area contributed by atoms with E-state index in [-0.39, 0.29) is 6.42 Å². The zero-order valence-electron chi connectivity index (χ0n) is 9.22. The van der Waals surface area contributed by atoms with Gasteiger partial charge in [-0.1, -0.05) is 32.6 Å². The summed E-state index contributed by atoms with van der Waals surface area (Å²) in [6.45, 7) is 4.08. The summed E-state index contributed by atoms with van der Waals surface area (Å²) in [6, 6.07) is 0. The van der Waals surface area contributed by atoms with Gasteiger partial charge in [0, 0.05) is 6.42 Å². The van der Waals surface area contributed by atoms with E-state index in [0.717, 1.165) is 19.5 Å². The fourth-order valence-electron chi connectivity index (χ4n) is 1.34. The van der Waals surface area contributed by atoms with Crippen molar-refractivity contribution in [1.82, 2.24) is 5.32 Å². The van der Waals surface area contributed by atoms with Crippen molar-refractivity contribution in [3.63, 3.8) is 0 Å². The highest BCUT2D eigenvalue weighted by Crippen LogP contribution is 2.01. The second-order valence-corrected chi connectivity index (χ2v) is 3.66. The second kappa shape index (κ2) is 10.5. The van der Waals surface area contributed by atoms with Gasteiger partial charge in [-0.15, -0.1) is 0 Å². The van der Waals surface area contributed by atoms with E-state index in [1.165, 1.54) is 32.1 Å². The summed E-state index contributed by atoms with van der Waals surface area (Å²) in [5.74, 6) is -0.699. The van der Waals surface area contributed by atoms with E-state index in [2.05, 4.69) is 12.2 Å². The maximum Gasteiger partial charge on any atom is 0.303 e. The number of hydrogen-bond donors (Lipinski definition) is 2. The molecule has 0 aliphatic heterocycles. The predicted molar refractivity (Wildman–Crippen MR) is 58.5 cm³/mol. The van der Waals surface area contributed by atoms with Crippen molar-refractivity contribution in [2.45, 2.75) is 51.9 Å².